The van der Waals surface area contributed by atoms with Crippen molar-refractivity contribution in [1.82, 2.24) is 0 Å². The molecule has 2 aromatic carbocycles. The number of hydrogen-bond acceptors (Lipinski definition) is 2. The number of hydrogen-bond donors (Lipinski definition) is 2. The van der Waals surface area contributed by atoms with Gasteiger partial charge in [-0.3, -0.25) is 0 Å². The van der Waals surface area contributed by atoms with Gasteiger partial charge < -0.3 is 10.4 Å². The molecule has 6 heteroatoms. The van der Waals surface area contributed by atoms with E-state index < -0.39 is 23.4 Å². The summed E-state index contributed by atoms with van der Waals surface area (Å²) in [5, 5.41) is 11.4. The van der Waals surface area contributed by atoms with Crippen molar-refractivity contribution in [2.24, 2.45) is 0 Å². The van der Waals surface area contributed by atoms with E-state index in [2.05, 4.69) is 5.32 Å². The van der Waals surface area contributed by atoms with Crippen molar-refractivity contribution in [2.45, 2.75) is 0 Å². The van der Waals surface area contributed by atoms with Crippen LogP contribution in [0, 0.1) is 17.5 Å². The second-order valence-electron chi connectivity index (χ2n) is 3.72. The predicted octanol–water partition coefficient (Wildman–Crippen LogP) is 3.55. The Hall–Kier alpha value is -2.50. The fraction of sp³-hybridized carbons (Fsp3) is 0. The Labute approximate surface area is 106 Å². The zero-order chi connectivity index (χ0) is 14.0. The lowest BCUT2D eigenvalue weighted by Crippen LogP contribution is -2.04. The average Bonchev–Trinajstić information content (AvgIpc) is 2.36. The molecule has 98 valence electrons. The molecule has 2 aromatic rings. The molecular formula is C13H8F3NO2. The first kappa shape index (κ1) is 12.9. The molecule has 2 N–H and O–H groups in total. The van der Waals surface area contributed by atoms with Gasteiger partial charge in [0.2, 0.25) is 0 Å². The molecule has 0 saturated carbocycles. The summed E-state index contributed by atoms with van der Waals surface area (Å²) in [7, 11) is 0. The fourth-order valence-electron chi connectivity index (χ4n) is 1.54. The summed E-state index contributed by atoms with van der Waals surface area (Å²) in [5.74, 6) is -4.77. The molecule has 0 bridgehead atoms. The molecule has 0 fully saturated rings. The summed E-state index contributed by atoms with van der Waals surface area (Å²) in [6.45, 7) is 0. The van der Waals surface area contributed by atoms with Crippen LogP contribution in [0.25, 0.3) is 0 Å². The van der Waals surface area contributed by atoms with E-state index in [1.165, 1.54) is 24.3 Å². The predicted molar refractivity (Wildman–Crippen MR) is 63.0 cm³/mol. The van der Waals surface area contributed by atoms with E-state index in [1.807, 2.05) is 0 Å². The molecule has 0 saturated heterocycles. The van der Waals surface area contributed by atoms with Crippen molar-refractivity contribution in [3.63, 3.8) is 0 Å². The maximum absolute atomic E-state index is 13.4. The van der Waals surface area contributed by atoms with E-state index in [4.69, 9.17) is 5.11 Å². The maximum atomic E-state index is 13.4. The standard InChI is InChI=1S/C13H8F3NO2/c14-8-5-10(16)12(6-9(8)15)17-11-4-2-1-3-7(11)13(18)19/h1-6,17H,(H,18,19). The van der Waals surface area contributed by atoms with Crippen LogP contribution in [0.1, 0.15) is 10.4 Å². The van der Waals surface area contributed by atoms with Crippen LogP contribution in [0.3, 0.4) is 0 Å². The fourth-order valence-corrected chi connectivity index (χ4v) is 1.54. The van der Waals surface area contributed by atoms with Gasteiger partial charge in [-0.05, 0) is 12.1 Å². The Kier molecular flexibility index (Phi) is 3.41. The number of carbonyl (C=O) groups is 1. The third-order valence-corrected chi connectivity index (χ3v) is 2.44. The molecule has 0 unspecified atom stereocenters. The SMILES string of the molecule is O=C(O)c1ccccc1Nc1cc(F)c(F)cc1F. The van der Waals surface area contributed by atoms with Gasteiger partial charge in [-0.1, -0.05) is 12.1 Å². The van der Waals surface area contributed by atoms with Crippen LogP contribution in [0.2, 0.25) is 0 Å². The molecule has 0 aliphatic carbocycles. The van der Waals surface area contributed by atoms with E-state index in [0.29, 0.717) is 12.1 Å². The molecule has 0 aliphatic heterocycles. The number of carboxylic acid groups (broad SMARTS) is 1. The van der Waals surface area contributed by atoms with Gasteiger partial charge in [0, 0.05) is 12.1 Å². The third-order valence-electron chi connectivity index (χ3n) is 2.44. The van der Waals surface area contributed by atoms with Gasteiger partial charge in [-0.2, -0.15) is 0 Å². The Bertz CT molecular complexity index is 644. The number of rotatable bonds is 3. The Morgan fingerprint density at radius 3 is 2.26 bits per heavy atom. The molecular weight excluding hydrogens is 259 g/mol. The first-order valence-corrected chi connectivity index (χ1v) is 5.23. The van der Waals surface area contributed by atoms with Crippen molar-refractivity contribution in [3.05, 3.63) is 59.4 Å². The van der Waals surface area contributed by atoms with Crippen LogP contribution in [0.15, 0.2) is 36.4 Å². The van der Waals surface area contributed by atoms with Gasteiger partial charge in [0.15, 0.2) is 11.6 Å². The number of para-hydroxylation sites is 1. The van der Waals surface area contributed by atoms with Crippen molar-refractivity contribution in [1.29, 1.82) is 0 Å². The second-order valence-corrected chi connectivity index (χ2v) is 3.72. The van der Waals surface area contributed by atoms with E-state index in [9.17, 15) is 18.0 Å². The van der Waals surface area contributed by atoms with Crippen molar-refractivity contribution in [3.8, 4) is 0 Å². The quantitative estimate of drug-likeness (QED) is 0.836. The van der Waals surface area contributed by atoms with E-state index in [0.717, 1.165) is 0 Å². The number of carboxylic acids is 1. The zero-order valence-corrected chi connectivity index (χ0v) is 9.45. The third kappa shape index (κ3) is 2.67. The highest BCUT2D eigenvalue weighted by Gasteiger charge is 2.13. The molecule has 0 aliphatic rings. The topological polar surface area (TPSA) is 49.3 Å². The van der Waals surface area contributed by atoms with Gasteiger partial charge >= 0.3 is 5.97 Å². The molecule has 0 heterocycles. The zero-order valence-electron chi connectivity index (χ0n) is 9.45. The minimum absolute atomic E-state index is 0.0832. The van der Waals surface area contributed by atoms with Crippen LogP contribution < -0.4 is 5.32 Å². The Balaban J connectivity index is 2.42. The molecule has 0 aromatic heterocycles. The lowest BCUT2D eigenvalue weighted by Gasteiger charge is -2.10. The van der Waals surface area contributed by atoms with Gasteiger partial charge in [0.1, 0.15) is 5.82 Å². The number of anilines is 2. The lowest BCUT2D eigenvalue weighted by molar-refractivity contribution is 0.0698. The lowest BCUT2D eigenvalue weighted by atomic mass is 10.1. The van der Waals surface area contributed by atoms with Gasteiger partial charge in [-0.15, -0.1) is 0 Å². The molecule has 0 atom stereocenters. The molecule has 3 nitrogen and oxygen atoms in total. The summed E-state index contributed by atoms with van der Waals surface area (Å²) in [6, 6.07) is 6.75. The first-order chi connectivity index (χ1) is 8.99. The molecule has 2 rings (SSSR count). The van der Waals surface area contributed by atoms with Crippen LogP contribution in [0.4, 0.5) is 24.5 Å². The maximum Gasteiger partial charge on any atom is 0.337 e. The minimum Gasteiger partial charge on any atom is -0.478 e. The average molecular weight is 267 g/mol. The highest BCUT2D eigenvalue weighted by Crippen LogP contribution is 2.25. The van der Waals surface area contributed by atoms with Crippen LogP contribution in [-0.2, 0) is 0 Å². The van der Waals surface area contributed by atoms with Crippen molar-refractivity contribution >= 4 is 17.3 Å². The van der Waals surface area contributed by atoms with Crippen molar-refractivity contribution in [2.75, 3.05) is 5.32 Å². The second kappa shape index (κ2) is 5.01. The highest BCUT2D eigenvalue weighted by atomic mass is 19.2. The number of aromatic carboxylic acids is 1. The monoisotopic (exact) mass is 267 g/mol. The van der Waals surface area contributed by atoms with E-state index in [1.54, 1.807) is 0 Å². The molecule has 19 heavy (non-hydrogen) atoms. The van der Waals surface area contributed by atoms with Crippen LogP contribution >= 0.6 is 0 Å². The largest absolute Gasteiger partial charge is 0.478 e. The first-order valence-electron chi connectivity index (χ1n) is 5.23. The van der Waals surface area contributed by atoms with Gasteiger partial charge in [-0.25, -0.2) is 18.0 Å². The molecule has 0 amide bonds. The number of benzene rings is 2. The van der Waals surface area contributed by atoms with E-state index >= 15 is 0 Å². The Morgan fingerprint density at radius 2 is 1.58 bits per heavy atom. The molecule has 0 radical (unpaired) electrons. The summed E-state index contributed by atoms with van der Waals surface area (Å²) in [6.07, 6.45) is 0. The number of halogens is 3. The highest BCUT2D eigenvalue weighted by molar-refractivity contribution is 5.95. The van der Waals surface area contributed by atoms with Crippen LogP contribution in [0.5, 0.6) is 0 Å². The summed E-state index contributed by atoms with van der Waals surface area (Å²) < 4.78 is 39.2. The van der Waals surface area contributed by atoms with Gasteiger partial charge in [0.25, 0.3) is 0 Å². The minimum atomic E-state index is -1.31. The Morgan fingerprint density at radius 1 is 0.947 bits per heavy atom. The van der Waals surface area contributed by atoms with Gasteiger partial charge in [0.05, 0.1) is 16.9 Å². The summed E-state index contributed by atoms with van der Waals surface area (Å²) in [4.78, 5) is 11.0. The van der Waals surface area contributed by atoms with Crippen molar-refractivity contribution < 1.29 is 23.1 Å². The molecule has 0 spiro atoms. The summed E-state index contributed by atoms with van der Waals surface area (Å²) in [5.41, 5.74) is -0.362. The normalized spacial score (nSPS) is 10.3. The number of nitrogens with one attached hydrogen (secondary N) is 1. The smallest absolute Gasteiger partial charge is 0.337 e. The summed E-state index contributed by atoms with van der Waals surface area (Å²) >= 11 is 0. The van der Waals surface area contributed by atoms with E-state index in [-0.39, 0.29) is 16.9 Å². The van der Waals surface area contributed by atoms with Crippen LogP contribution in [-0.4, -0.2) is 11.1 Å².